The zero-order chi connectivity index (χ0) is 10.8. The molecule has 2 amide bonds. The van der Waals surface area contributed by atoms with Crippen molar-refractivity contribution in [3.63, 3.8) is 0 Å². The molecule has 0 aliphatic carbocycles. The SMILES string of the molecule is NC(=O)CN1C(=O)CCc2ccccc21. The third-order valence-corrected chi connectivity index (χ3v) is 2.51. The van der Waals surface area contributed by atoms with E-state index in [1.807, 2.05) is 24.3 Å². The summed E-state index contributed by atoms with van der Waals surface area (Å²) in [5, 5.41) is 0. The summed E-state index contributed by atoms with van der Waals surface area (Å²) in [7, 11) is 0. The van der Waals surface area contributed by atoms with Crippen LogP contribution in [0.15, 0.2) is 24.3 Å². The Morgan fingerprint density at radius 3 is 2.80 bits per heavy atom. The molecule has 1 aromatic rings. The molecule has 2 N–H and O–H groups in total. The Bertz CT molecular complexity index is 415. The fourth-order valence-electron chi connectivity index (χ4n) is 1.83. The highest BCUT2D eigenvalue weighted by atomic mass is 16.2. The molecule has 0 atom stereocenters. The Morgan fingerprint density at radius 1 is 1.33 bits per heavy atom. The zero-order valence-electron chi connectivity index (χ0n) is 8.27. The summed E-state index contributed by atoms with van der Waals surface area (Å²) in [5.41, 5.74) is 7.02. The number of anilines is 1. The molecule has 0 radical (unpaired) electrons. The third-order valence-electron chi connectivity index (χ3n) is 2.51. The first-order valence-electron chi connectivity index (χ1n) is 4.85. The first-order valence-corrected chi connectivity index (χ1v) is 4.85. The predicted molar refractivity (Wildman–Crippen MR) is 56.3 cm³/mol. The molecular formula is C11H12N2O2. The van der Waals surface area contributed by atoms with Crippen LogP contribution in [0, 0.1) is 0 Å². The molecule has 1 aliphatic heterocycles. The lowest BCUT2D eigenvalue weighted by molar-refractivity contribution is -0.122. The van der Waals surface area contributed by atoms with E-state index in [1.54, 1.807) is 0 Å². The monoisotopic (exact) mass is 204 g/mol. The van der Waals surface area contributed by atoms with Gasteiger partial charge in [0.15, 0.2) is 0 Å². The molecular weight excluding hydrogens is 192 g/mol. The maximum atomic E-state index is 11.6. The van der Waals surface area contributed by atoms with E-state index < -0.39 is 5.91 Å². The molecule has 0 fully saturated rings. The van der Waals surface area contributed by atoms with Gasteiger partial charge in [0.05, 0.1) is 0 Å². The standard InChI is InChI=1S/C11H12N2O2/c12-10(14)7-13-9-4-2-1-3-8(9)5-6-11(13)15/h1-4H,5-7H2,(H2,12,14). The molecule has 0 aromatic heterocycles. The van der Waals surface area contributed by atoms with E-state index >= 15 is 0 Å². The number of amides is 2. The van der Waals surface area contributed by atoms with Crippen molar-refractivity contribution in [1.29, 1.82) is 0 Å². The van der Waals surface area contributed by atoms with Crippen LogP contribution in [0.25, 0.3) is 0 Å². The fraction of sp³-hybridized carbons (Fsp3) is 0.273. The number of benzene rings is 1. The third kappa shape index (κ3) is 1.83. The highest BCUT2D eigenvalue weighted by Crippen LogP contribution is 2.26. The smallest absolute Gasteiger partial charge is 0.237 e. The highest BCUT2D eigenvalue weighted by molar-refractivity contribution is 6.00. The Hall–Kier alpha value is -1.84. The lowest BCUT2D eigenvalue weighted by Gasteiger charge is -2.28. The summed E-state index contributed by atoms with van der Waals surface area (Å²) in [4.78, 5) is 23.9. The lowest BCUT2D eigenvalue weighted by atomic mass is 10.0. The molecule has 0 saturated carbocycles. The Kier molecular flexibility index (Phi) is 2.41. The van der Waals surface area contributed by atoms with E-state index in [0.717, 1.165) is 17.7 Å². The number of nitrogens with two attached hydrogens (primary N) is 1. The second-order valence-electron chi connectivity index (χ2n) is 3.57. The van der Waals surface area contributed by atoms with Gasteiger partial charge in [-0.15, -0.1) is 0 Å². The van der Waals surface area contributed by atoms with Crippen molar-refractivity contribution < 1.29 is 9.59 Å². The summed E-state index contributed by atoms with van der Waals surface area (Å²) >= 11 is 0. The molecule has 1 aliphatic rings. The minimum atomic E-state index is -0.486. The van der Waals surface area contributed by atoms with E-state index in [2.05, 4.69) is 0 Å². The van der Waals surface area contributed by atoms with Crippen LogP contribution in [0.4, 0.5) is 5.69 Å². The van der Waals surface area contributed by atoms with Gasteiger partial charge in [-0.25, -0.2) is 0 Å². The van der Waals surface area contributed by atoms with Crippen molar-refractivity contribution in [2.45, 2.75) is 12.8 Å². The lowest BCUT2D eigenvalue weighted by Crippen LogP contribution is -2.41. The van der Waals surface area contributed by atoms with Crippen LogP contribution in [0.2, 0.25) is 0 Å². The minimum Gasteiger partial charge on any atom is -0.368 e. The van der Waals surface area contributed by atoms with Gasteiger partial charge in [-0.1, -0.05) is 18.2 Å². The Morgan fingerprint density at radius 2 is 2.07 bits per heavy atom. The molecule has 78 valence electrons. The molecule has 15 heavy (non-hydrogen) atoms. The van der Waals surface area contributed by atoms with Crippen molar-refractivity contribution in [3.05, 3.63) is 29.8 Å². The Labute approximate surface area is 87.7 Å². The maximum absolute atomic E-state index is 11.6. The number of hydrogen-bond donors (Lipinski definition) is 1. The number of rotatable bonds is 2. The Balaban J connectivity index is 2.37. The van der Waals surface area contributed by atoms with Crippen LogP contribution < -0.4 is 10.6 Å². The van der Waals surface area contributed by atoms with Crippen molar-refractivity contribution in [1.82, 2.24) is 0 Å². The number of nitrogens with zero attached hydrogens (tertiary/aromatic N) is 1. The second-order valence-corrected chi connectivity index (χ2v) is 3.57. The van der Waals surface area contributed by atoms with Gasteiger partial charge in [0.1, 0.15) is 6.54 Å². The number of carbonyl (C=O) groups is 2. The molecule has 2 rings (SSSR count). The van der Waals surface area contributed by atoms with Crippen LogP contribution in [0.5, 0.6) is 0 Å². The summed E-state index contributed by atoms with van der Waals surface area (Å²) in [6.07, 6.45) is 1.19. The second kappa shape index (κ2) is 3.73. The van der Waals surface area contributed by atoms with Gasteiger partial charge in [0.25, 0.3) is 0 Å². The van der Waals surface area contributed by atoms with Crippen LogP contribution in [-0.4, -0.2) is 18.4 Å². The summed E-state index contributed by atoms with van der Waals surface area (Å²) in [6.45, 7) is -0.0319. The number of hydrogen-bond acceptors (Lipinski definition) is 2. The molecule has 0 unspecified atom stereocenters. The summed E-state index contributed by atoms with van der Waals surface area (Å²) in [6, 6.07) is 7.59. The van der Waals surface area contributed by atoms with Gasteiger partial charge >= 0.3 is 0 Å². The molecule has 1 aromatic carbocycles. The van der Waals surface area contributed by atoms with Crippen LogP contribution in [0.3, 0.4) is 0 Å². The van der Waals surface area contributed by atoms with Gasteiger partial charge in [0.2, 0.25) is 11.8 Å². The quantitative estimate of drug-likeness (QED) is 0.760. The van der Waals surface area contributed by atoms with E-state index in [-0.39, 0.29) is 12.5 Å². The number of para-hydroxylation sites is 1. The number of primary amides is 1. The number of fused-ring (bicyclic) bond motifs is 1. The van der Waals surface area contributed by atoms with E-state index in [0.29, 0.717) is 6.42 Å². The van der Waals surface area contributed by atoms with E-state index in [1.165, 1.54) is 4.90 Å². The molecule has 4 heteroatoms. The average Bonchev–Trinajstić information content (AvgIpc) is 2.22. The first kappa shape index (κ1) is 9.71. The summed E-state index contributed by atoms with van der Waals surface area (Å²) in [5.74, 6) is -0.521. The van der Waals surface area contributed by atoms with Crippen molar-refractivity contribution in [3.8, 4) is 0 Å². The van der Waals surface area contributed by atoms with Gasteiger partial charge in [-0.3, -0.25) is 9.59 Å². The average molecular weight is 204 g/mol. The fourth-order valence-corrected chi connectivity index (χ4v) is 1.83. The van der Waals surface area contributed by atoms with Crippen LogP contribution in [-0.2, 0) is 16.0 Å². The van der Waals surface area contributed by atoms with E-state index in [9.17, 15) is 9.59 Å². The van der Waals surface area contributed by atoms with Crippen LogP contribution in [0.1, 0.15) is 12.0 Å². The van der Waals surface area contributed by atoms with E-state index in [4.69, 9.17) is 5.73 Å². The molecule has 1 heterocycles. The molecule has 4 nitrogen and oxygen atoms in total. The zero-order valence-corrected chi connectivity index (χ0v) is 8.27. The topological polar surface area (TPSA) is 63.4 Å². The highest BCUT2D eigenvalue weighted by Gasteiger charge is 2.24. The van der Waals surface area contributed by atoms with Crippen molar-refractivity contribution >= 4 is 17.5 Å². The maximum Gasteiger partial charge on any atom is 0.237 e. The van der Waals surface area contributed by atoms with Gasteiger partial charge in [-0.2, -0.15) is 0 Å². The summed E-state index contributed by atoms with van der Waals surface area (Å²) < 4.78 is 0. The van der Waals surface area contributed by atoms with Crippen molar-refractivity contribution in [2.24, 2.45) is 5.73 Å². The largest absolute Gasteiger partial charge is 0.368 e. The van der Waals surface area contributed by atoms with Crippen LogP contribution >= 0.6 is 0 Å². The molecule has 0 spiro atoms. The van der Waals surface area contributed by atoms with Gasteiger partial charge in [0, 0.05) is 12.1 Å². The molecule has 0 bridgehead atoms. The van der Waals surface area contributed by atoms with Gasteiger partial charge < -0.3 is 10.6 Å². The van der Waals surface area contributed by atoms with Gasteiger partial charge in [-0.05, 0) is 18.1 Å². The number of aryl methyl sites for hydroxylation is 1. The van der Waals surface area contributed by atoms with Crippen molar-refractivity contribution in [2.75, 3.05) is 11.4 Å². The predicted octanol–water partition coefficient (Wildman–Crippen LogP) is 0.451. The minimum absolute atomic E-state index is 0.0319. The normalized spacial score (nSPS) is 14.9. The molecule has 0 saturated heterocycles. The first-order chi connectivity index (χ1) is 7.18. The number of carbonyl (C=O) groups excluding carboxylic acids is 2.